The van der Waals surface area contributed by atoms with Gasteiger partial charge in [-0.3, -0.25) is 5.41 Å². The molecule has 5 heteroatoms. The van der Waals surface area contributed by atoms with E-state index in [0.717, 1.165) is 38.8 Å². The van der Waals surface area contributed by atoms with Gasteiger partial charge < -0.3 is 16.0 Å². The predicted octanol–water partition coefficient (Wildman–Crippen LogP) is 1.29. The van der Waals surface area contributed by atoms with E-state index in [1.165, 1.54) is 12.8 Å². The Hall–Kier alpha value is -1.26. The van der Waals surface area contributed by atoms with Crippen molar-refractivity contribution in [2.24, 2.45) is 11.7 Å². The number of hydrogen-bond donors (Lipinski definition) is 3. The number of rotatable bonds is 3. The summed E-state index contributed by atoms with van der Waals surface area (Å²) in [4.78, 5) is 13.9. The molecule has 1 aliphatic heterocycles. The van der Waals surface area contributed by atoms with Gasteiger partial charge in [-0.2, -0.15) is 0 Å². The Kier molecular flexibility index (Phi) is 3.86. The van der Waals surface area contributed by atoms with Crippen LogP contribution in [-0.4, -0.2) is 35.9 Å². The molecule has 1 saturated heterocycles. The second-order valence-corrected chi connectivity index (χ2v) is 5.12. The van der Waals surface area contributed by atoms with Crippen molar-refractivity contribution < 1.29 is 4.79 Å². The van der Waals surface area contributed by atoms with Gasteiger partial charge in [-0.05, 0) is 31.6 Å². The first-order valence-corrected chi connectivity index (χ1v) is 6.58. The molecule has 96 valence electrons. The van der Waals surface area contributed by atoms with E-state index in [2.05, 4.69) is 5.32 Å². The summed E-state index contributed by atoms with van der Waals surface area (Å²) in [6.45, 7) is 1.67. The van der Waals surface area contributed by atoms with Crippen LogP contribution in [0.5, 0.6) is 0 Å². The van der Waals surface area contributed by atoms with Crippen molar-refractivity contribution >= 4 is 11.9 Å². The summed E-state index contributed by atoms with van der Waals surface area (Å²) in [5.74, 6) is 0.485. The first-order valence-electron chi connectivity index (χ1n) is 6.58. The first-order chi connectivity index (χ1) is 8.18. The summed E-state index contributed by atoms with van der Waals surface area (Å²) < 4.78 is 0. The van der Waals surface area contributed by atoms with Crippen LogP contribution in [0.15, 0.2) is 0 Å². The fourth-order valence-corrected chi connectivity index (χ4v) is 2.38. The number of carbonyl (C=O) groups excluding carboxylic acids is 1. The van der Waals surface area contributed by atoms with Crippen LogP contribution >= 0.6 is 0 Å². The molecule has 2 fully saturated rings. The minimum Gasteiger partial charge on any atom is -0.386 e. The third-order valence-corrected chi connectivity index (χ3v) is 3.60. The third kappa shape index (κ3) is 3.35. The zero-order chi connectivity index (χ0) is 12.3. The lowest BCUT2D eigenvalue weighted by molar-refractivity contribution is 0.197. The van der Waals surface area contributed by atoms with E-state index in [9.17, 15) is 4.79 Å². The summed E-state index contributed by atoms with van der Waals surface area (Å²) in [6.07, 6.45) is 6.74. The van der Waals surface area contributed by atoms with Crippen molar-refractivity contribution in [3.8, 4) is 0 Å². The molecule has 0 bridgehead atoms. The molecule has 0 aromatic carbocycles. The smallest absolute Gasteiger partial charge is 0.317 e. The molecule has 2 aliphatic rings. The normalized spacial score (nSPS) is 22.7. The lowest BCUT2D eigenvalue weighted by atomic mass is 10.2. The van der Waals surface area contributed by atoms with Crippen molar-refractivity contribution in [3.05, 3.63) is 0 Å². The molecule has 2 amide bonds. The van der Waals surface area contributed by atoms with Crippen LogP contribution in [0.3, 0.4) is 0 Å². The summed E-state index contributed by atoms with van der Waals surface area (Å²) in [7, 11) is 0. The Morgan fingerprint density at radius 2 is 1.82 bits per heavy atom. The highest BCUT2D eigenvalue weighted by Gasteiger charge is 2.35. The maximum Gasteiger partial charge on any atom is 0.317 e. The van der Waals surface area contributed by atoms with Gasteiger partial charge in [0.1, 0.15) is 5.84 Å². The summed E-state index contributed by atoms with van der Waals surface area (Å²) >= 11 is 0. The highest BCUT2D eigenvalue weighted by atomic mass is 16.2. The maximum atomic E-state index is 12.1. The Labute approximate surface area is 102 Å². The number of nitrogens with zero attached hydrogens (tertiary/aromatic N) is 1. The van der Waals surface area contributed by atoms with E-state index in [0.29, 0.717) is 5.92 Å². The first kappa shape index (κ1) is 12.2. The van der Waals surface area contributed by atoms with Gasteiger partial charge in [0.15, 0.2) is 0 Å². The van der Waals surface area contributed by atoms with Crippen LogP contribution in [0.25, 0.3) is 0 Å². The molecule has 1 heterocycles. The molecule has 0 radical (unpaired) electrons. The quantitative estimate of drug-likeness (QED) is 0.511. The molecule has 1 aliphatic carbocycles. The van der Waals surface area contributed by atoms with Crippen molar-refractivity contribution in [1.82, 2.24) is 10.2 Å². The SMILES string of the molecule is N=C(N)C(NC(=O)N1CCCCCC1)C1CC1. The predicted molar refractivity (Wildman–Crippen MR) is 67.0 cm³/mol. The van der Waals surface area contributed by atoms with E-state index < -0.39 is 0 Å². The van der Waals surface area contributed by atoms with Gasteiger partial charge in [-0.25, -0.2) is 4.79 Å². The zero-order valence-electron chi connectivity index (χ0n) is 10.2. The highest BCUT2D eigenvalue weighted by molar-refractivity contribution is 5.88. The minimum atomic E-state index is -0.245. The van der Waals surface area contributed by atoms with Gasteiger partial charge in [0.05, 0.1) is 6.04 Å². The molecule has 5 nitrogen and oxygen atoms in total. The number of likely N-dealkylation sites (tertiary alicyclic amines) is 1. The molecular formula is C12H22N4O. The van der Waals surface area contributed by atoms with Crippen molar-refractivity contribution in [1.29, 1.82) is 5.41 Å². The molecular weight excluding hydrogens is 216 g/mol. The molecule has 0 aromatic heterocycles. The highest BCUT2D eigenvalue weighted by Crippen LogP contribution is 2.32. The molecule has 4 N–H and O–H groups in total. The Morgan fingerprint density at radius 3 is 2.29 bits per heavy atom. The topological polar surface area (TPSA) is 82.2 Å². The largest absolute Gasteiger partial charge is 0.386 e. The van der Waals surface area contributed by atoms with E-state index in [1.54, 1.807) is 0 Å². The van der Waals surface area contributed by atoms with Gasteiger partial charge in [-0.15, -0.1) is 0 Å². The van der Waals surface area contributed by atoms with Crippen LogP contribution in [-0.2, 0) is 0 Å². The van der Waals surface area contributed by atoms with Crippen molar-refractivity contribution in [2.75, 3.05) is 13.1 Å². The Morgan fingerprint density at radius 1 is 1.24 bits per heavy atom. The number of carbonyl (C=O) groups is 1. The molecule has 2 rings (SSSR count). The van der Waals surface area contributed by atoms with Crippen LogP contribution in [0.4, 0.5) is 4.79 Å². The number of nitrogens with one attached hydrogen (secondary N) is 2. The van der Waals surface area contributed by atoms with Gasteiger partial charge in [0.25, 0.3) is 0 Å². The lowest BCUT2D eigenvalue weighted by Gasteiger charge is -2.24. The fourth-order valence-electron chi connectivity index (χ4n) is 2.38. The van der Waals surface area contributed by atoms with Gasteiger partial charge in [0.2, 0.25) is 0 Å². The zero-order valence-corrected chi connectivity index (χ0v) is 10.2. The van der Waals surface area contributed by atoms with Gasteiger partial charge in [0, 0.05) is 13.1 Å². The van der Waals surface area contributed by atoms with E-state index >= 15 is 0 Å². The average molecular weight is 238 g/mol. The van der Waals surface area contributed by atoms with Crippen LogP contribution in [0.1, 0.15) is 38.5 Å². The number of urea groups is 1. The van der Waals surface area contributed by atoms with E-state index in [4.69, 9.17) is 11.1 Å². The summed E-state index contributed by atoms with van der Waals surface area (Å²) in [6, 6.07) is -0.287. The standard InChI is InChI=1S/C12H22N4O/c13-11(14)10(9-5-6-9)15-12(17)16-7-3-1-2-4-8-16/h9-10H,1-8H2,(H3,13,14)(H,15,17). The number of amides is 2. The Balaban J connectivity index is 1.87. The maximum absolute atomic E-state index is 12.1. The summed E-state index contributed by atoms with van der Waals surface area (Å²) in [5, 5.41) is 10.4. The van der Waals surface area contributed by atoms with Gasteiger partial charge >= 0.3 is 6.03 Å². The summed E-state index contributed by atoms with van der Waals surface area (Å²) in [5.41, 5.74) is 5.54. The fraction of sp³-hybridized carbons (Fsp3) is 0.833. The van der Waals surface area contributed by atoms with E-state index in [-0.39, 0.29) is 17.9 Å². The second kappa shape index (κ2) is 5.38. The van der Waals surface area contributed by atoms with Crippen molar-refractivity contribution in [3.63, 3.8) is 0 Å². The van der Waals surface area contributed by atoms with Crippen LogP contribution in [0, 0.1) is 11.3 Å². The lowest BCUT2D eigenvalue weighted by Crippen LogP contribution is -2.51. The minimum absolute atomic E-state index is 0.0426. The number of hydrogen-bond acceptors (Lipinski definition) is 2. The molecule has 1 saturated carbocycles. The van der Waals surface area contributed by atoms with Crippen LogP contribution in [0.2, 0.25) is 0 Å². The molecule has 1 unspecified atom stereocenters. The van der Waals surface area contributed by atoms with Crippen LogP contribution < -0.4 is 11.1 Å². The van der Waals surface area contributed by atoms with Crippen molar-refractivity contribution in [2.45, 2.75) is 44.6 Å². The third-order valence-electron chi connectivity index (χ3n) is 3.60. The molecule has 17 heavy (non-hydrogen) atoms. The molecule has 0 aromatic rings. The molecule has 1 atom stereocenters. The number of nitrogens with two attached hydrogens (primary N) is 1. The Bertz CT molecular complexity index is 293. The average Bonchev–Trinajstić information content (AvgIpc) is 3.11. The second-order valence-electron chi connectivity index (χ2n) is 5.12. The number of amidine groups is 1. The van der Waals surface area contributed by atoms with E-state index in [1.807, 2.05) is 4.90 Å². The molecule has 0 spiro atoms. The monoisotopic (exact) mass is 238 g/mol. The van der Waals surface area contributed by atoms with Gasteiger partial charge in [-0.1, -0.05) is 12.8 Å².